The van der Waals surface area contributed by atoms with Gasteiger partial charge < -0.3 is 19.1 Å². The molecular weight excluding hydrogens is 516 g/mol. The zero-order valence-corrected chi connectivity index (χ0v) is 23.0. The molecule has 4 rings (SSSR count). The van der Waals surface area contributed by atoms with Crippen molar-refractivity contribution in [1.82, 2.24) is 9.21 Å². The predicted octanol–water partition coefficient (Wildman–Crippen LogP) is 4.61. The molecule has 2 saturated heterocycles. The van der Waals surface area contributed by atoms with Crippen LogP contribution in [0.4, 0.5) is 0 Å². The van der Waals surface area contributed by atoms with Gasteiger partial charge in [-0.15, -0.1) is 0 Å². The van der Waals surface area contributed by atoms with E-state index in [1.165, 1.54) is 30.7 Å². The van der Waals surface area contributed by atoms with Crippen LogP contribution in [0.15, 0.2) is 47.4 Å². The third-order valence-electron chi connectivity index (χ3n) is 7.21. The van der Waals surface area contributed by atoms with Crippen LogP contribution in [0.2, 0.25) is 5.02 Å². The number of halogens is 1. The van der Waals surface area contributed by atoms with Crippen molar-refractivity contribution in [3.8, 4) is 17.2 Å². The number of hydrogen-bond acceptors (Lipinski definition) is 6. The highest BCUT2D eigenvalue weighted by Gasteiger charge is 2.44. The summed E-state index contributed by atoms with van der Waals surface area (Å²) in [5.41, 5.74) is -0.667. The van der Waals surface area contributed by atoms with Crippen molar-refractivity contribution in [2.24, 2.45) is 5.41 Å². The number of benzene rings is 2. The molecule has 1 atom stereocenters. The van der Waals surface area contributed by atoms with Crippen molar-refractivity contribution < 1.29 is 27.4 Å². The molecule has 2 aromatic carbocycles. The zero-order chi connectivity index (χ0) is 26.5. The first-order valence-corrected chi connectivity index (χ1v) is 14.5. The fourth-order valence-corrected chi connectivity index (χ4v) is 7.24. The molecule has 0 saturated carbocycles. The summed E-state index contributed by atoms with van der Waals surface area (Å²) in [6.07, 6.45) is 4.65. The second kappa shape index (κ2) is 11.9. The Hall–Kier alpha value is -2.49. The lowest BCUT2D eigenvalue weighted by Gasteiger charge is -2.42. The summed E-state index contributed by atoms with van der Waals surface area (Å²) in [6, 6.07) is 12.2. The van der Waals surface area contributed by atoms with Crippen LogP contribution in [0.1, 0.15) is 38.5 Å². The van der Waals surface area contributed by atoms with Gasteiger partial charge in [0.2, 0.25) is 15.9 Å². The number of para-hydroxylation sites is 1. The van der Waals surface area contributed by atoms with Crippen LogP contribution < -0.4 is 14.2 Å². The molecule has 2 aromatic rings. The molecule has 0 aromatic heterocycles. The van der Waals surface area contributed by atoms with Gasteiger partial charge in [-0.05, 0) is 50.3 Å². The lowest BCUT2D eigenvalue weighted by atomic mass is 9.78. The molecule has 1 unspecified atom stereocenters. The summed E-state index contributed by atoms with van der Waals surface area (Å²) in [4.78, 5) is 15.3. The predicted molar refractivity (Wildman–Crippen MR) is 142 cm³/mol. The van der Waals surface area contributed by atoms with E-state index in [-0.39, 0.29) is 41.1 Å². The summed E-state index contributed by atoms with van der Waals surface area (Å²) in [7, 11) is -1.11. The van der Waals surface area contributed by atoms with Gasteiger partial charge in [0.15, 0.2) is 0 Å². The Balaban J connectivity index is 1.63. The molecule has 2 aliphatic rings. The van der Waals surface area contributed by atoms with Crippen LogP contribution in [-0.2, 0) is 14.8 Å². The first-order valence-electron chi connectivity index (χ1n) is 12.7. The van der Waals surface area contributed by atoms with Crippen molar-refractivity contribution in [3.63, 3.8) is 0 Å². The maximum absolute atomic E-state index is 13.9. The fourth-order valence-electron chi connectivity index (χ4n) is 5.18. The van der Waals surface area contributed by atoms with Gasteiger partial charge in [0.05, 0.1) is 25.8 Å². The number of ether oxygens (including phenoxy) is 3. The van der Waals surface area contributed by atoms with E-state index in [9.17, 15) is 13.2 Å². The van der Waals surface area contributed by atoms with E-state index in [1.807, 2.05) is 35.2 Å². The number of rotatable bonds is 9. The van der Waals surface area contributed by atoms with Crippen LogP contribution in [-0.4, -0.2) is 70.5 Å². The minimum Gasteiger partial charge on any atom is -0.495 e. The number of amides is 1. The molecule has 0 aliphatic carbocycles. The summed E-state index contributed by atoms with van der Waals surface area (Å²) >= 11 is 6.30. The number of piperidine rings is 2. The average molecular weight is 551 g/mol. The van der Waals surface area contributed by atoms with Crippen LogP contribution in [0.25, 0.3) is 0 Å². The molecule has 10 heteroatoms. The van der Waals surface area contributed by atoms with Gasteiger partial charge in [-0.1, -0.05) is 29.8 Å². The first kappa shape index (κ1) is 27.5. The third-order valence-corrected chi connectivity index (χ3v) is 9.37. The Kier molecular flexibility index (Phi) is 8.87. The van der Waals surface area contributed by atoms with E-state index in [0.717, 1.165) is 32.4 Å². The molecular formula is C27H35ClN2O6S. The SMILES string of the molecule is COc1cc(OC)c(S(=O)(=O)N2CCCC(COc3ccccc3)(CC(=O)N3CCCCC3)C2)cc1Cl. The number of sulfonamides is 1. The van der Waals surface area contributed by atoms with Gasteiger partial charge >= 0.3 is 0 Å². The Morgan fingerprint density at radius 1 is 0.973 bits per heavy atom. The van der Waals surface area contributed by atoms with Crippen molar-refractivity contribution in [2.45, 2.75) is 43.4 Å². The molecule has 0 bridgehead atoms. The number of nitrogens with zero attached hydrogens (tertiary/aromatic N) is 2. The maximum Gasteiger partial charge on any atom is 0.246 e. The van der Waals surface area contributed by atoms with Gasteiger partial charge in [-0.3, -0.25) is 4.79 Å². The van der Waals surface area contributed by atoms with Crippen LogP contribution in [0.5, 0.6) is 17.2 Å². The lowest BCUT2D eigenvalue weighted by Crippen LogP contribution is -2.51. The van der Waals surface area contributed by atoms with Crippen molar-refractivity contribution >= 4 is 27.5 Å². The summed E-state index contributed by atoms with van der Waals surface area (Å²) in [5, 5.41) is 0.179. The number of likely N-dealkylation sites (tertiary alicyclic amines) is 1. The topological polar surface area (TPSA) is 85.4 Å². The highest BCUT2D eigenvalue weighted by Crippen LogP contribution is 2.41. The molecule has 0 spiro atoms. The quantitative estimate of drug-likeness (QED) is 0.453. The molecule has 1 amide bonds. The minimum absolute atomic E-state index is 0.0251. The maximum atomic E-state index is 13.9. The van der Waals surface area contributed by atoms with Gasteiger partial charge in [-0.25, -0.2) is 8.42 Å². The summed E-state index contributed by atoms with van der Waals surface area (Å²) < 4.78 is 46.0. The smallest absolute Gasteiger partial charge is 0.246 e. The molecule has 0 N–H and O–H groups in total. The number of hydrogen-bond donors (Lipinski definition) is 0. The van der Waals surface area contributed by atoms with Crippen molar-refractivity contribution in [3.05, 3.63) is 47.5 Å². The van der Waals surface area contributed by atoms with Crippen molar-refractivity contribution in [2.75, 3.05) is 47.0 Å². The van der Waals surface area contributed by atoms with E-state index in [1.54, 1.807) is 0 Å². The van der Waals surface area contributed by atoms with E-state index in [2.05, 4.69) is 0 Å². The van der Waals surface area contributed by atoms with Crippen molar-refractivity contribution in [1.29, 1.82) is 0 Å². The zero-order valence-electron chi connectivity index (χ0n) is 21.4. The molecule has 202 valence electrons. The number of methoxy groups -OCH3 is 2. The molecule has 2 aliphatic heterocycles. The van der Waals surface area contributed by atoms with Gasteiger partial charge in [0.25, 0.3) is 0 Å². The standard InChI is InChI=1S/C27H35ClN2O6S/c1-34-23-17-24(35-2)25(16-22(23)28)37(32,33)30-15-9-12-27(19-30,20-36-21-10-5-3-6-11-21)18-26(31)29-13-7-4-8-14-29/h3,5-6,10-11,16-17H,4,7-9,12-15,18-20H2,1-2H3. The minimum atomic E-state index is -3.98. The molecule has 37 heavy (non-hydrogen) atoms. The van der Waals surface area contributed by atoms with Gasteiger partial charge in [-0.2, -0.15) is 4.31 Å². The highest BCUT2D eigenvalue weighted by molar-refractivity contribution is 7.89. The van der Waals surface area contributed by atoms with E-state index >= 15 is 0 Å². The van der Waals surface area contributed by atoms with Gasteiger partial charge in [0, 0.05) is 44.1 Å². The Morgan fingerprint density at radius 3 is 2.35 bits per heavy atom. The fraction of sp³-hybridized carbons (Fsp3) is 0.519. The highest BCUT2D eigenvalue weighted by atomic mass is 35.5. The van der Waals surface area contributed by atoms with Gasteiger partial charge in [0.1, 0.15) is 22.1 Å². The molecule has 2 fully saturated rings. The first-order chi connectivity index (χ1) is 17.8. The molecule has 2 heterocycles. The second-order valence-corrected chi connectivity index (χ2v) is 12.1. The van der Waals surface area contributed by atoms with Crippen LogP contribution in [0.3, 0.4) is 0 Å². The number of carbonyl (C=O) groups is 1. The third kappa shape index (κ3) is 6.33. The Morgan fingerprint density at radius 2 is 1.68 bits per heavy atom. The number of carbonyl (C=O) groups excluding carboxylic acids is 1. The summed E-state index contributed by atoms with van der Waals surface area (Å²) in [5.74, 6) is 1.23. The summed E-state index contributed by atoms with van der Waals surface area (Å²) in [6.45, 7) is 2.23. The normalized spacial score (nSPS) is 20.9. The second-order valence-electron chi connectivity index (χ2n) is 9.80. The lowest BCUT2D eigenvalue weighted by molar-refractivity contribution is -0.136. The largest absolute Gasteiger partial charge is 0.495 e. The molecule has 0 radical (unpaired) electrons. The van der Waals surface area contributed by atoms with E-state index in [4.69, 9.17) is 25.8 Å². The monoisotopic (exact) mass is 550 g/mol. The van der Waals surface area contributed by atoms with E-state index in [0.29, 0.717) is 30.9 Å². The van der Waals surface area contributed by atoms with E-state index < -0.39 is 15.4 Å². The molecule has 8 nitrogen and oxygen atoms in total. The Labute approximate surface area is 224 Å². The van der Waals surface area contributed by atoms with Crippen LogP contribution >= 0.6 is 11.6 Å². The average Bonchev–Trinajstić information content (AvgIpc) is 2.93. The van der Waals surface area contributed by atoms with Crippen LogP contribution in [0, 0.1) is 5.41 Å². The Bertz CT molecular complexity index is 1190.